The van der Waals surface area contributed by atoms with Crippen LogP contribution < -0.4 is 0 Å². The maximum atomic E-state index is 2.99. The lowest BCUT2D eigenvalue weighted by atomic mass is 9.68. The van der Waals surface area contributed by atoms with E-state index >= 15 is 0 Å². The van der Waals surface area contributed by atoms with Gasteiger partial charge in [0.1, 0.15) is 0 Å². The van der Waals surface area contributed by atoms with E-state index in [0.29, 0.717) is 5.41 Å². The molecule has 0 aromatic rings. The van der Waals surface area contributed by atoms with Crippen LogP contribution in [0, 0.1) is 11.3 Å². The molecule has 0 spiro atoms. The van der Waals surface area contributed by atoms with Gasteiger partial charge in [0.25, 0.3) is 0 Å². The first-order valence-corrected chi connectivity index (χ1v) is 5.47. The molecule has 1 aliphatic rings. The quantitative estimate of drug-likeness (QED) is 0.531. The van der Waals surface area contributed by atoms with Crippen molar-refractivity contribution in [2.24, 2.45) is 11.3 Å². The second kappa shape index (κ2) is 3.44. The molecule has 0 heterocycles. The molecular weight excluding hydrogens is 151 g/mol. The van der Waals surface area contributed by atoms with Crippen molar-refractivity contribution in [1.82, 2.24) is 0 Å². The normalized spacial score (nSPS) is 39.5. The Bertz CT molecular complexity index is 131. The first-order valence-electron chi connectivity index (χ1n) is 4.80. The average Bonchev–Trinajstić information content (AvgIpc) is 1.86. The molecule has 1 fully saturated rings. The Morgan fingerprint density at radius 1 is 1.45 bits per heavy atom. The smallest absolute Gasteiger partial charge is 0.0259 e. The van der Waals surface area contributed by atoms with Crippen molar-refractivity contribution in [1.29, 1.82) is 0 Å². The zero-order valence-corrected chi connectivity index (χ0v) is 9.22. The zero-order valence-electron chi connectivity index (χ0n) is 8.06. The van der Waals surface area contributed by atoms with E-state index in [9.17, 15) is 0 Å². The SMILES string of the molecule is CC(C)C1(C)CCCC(P)C1. The highest BCUT2D eigenvalue weighted by atomic mass is 31.0. The zero-order chi connectivity index (χ0) is 8.48. The highest BCUT2D eigenvalue weighted by Gasteiger charge is 2.32. The second-order valence-corrected chi connectivity index (χ2v) is 5.61. The summed E-state index contributed by atoms with van der Waals surface area (Å²) in [5.41, 5.74) is 1.51. The number of hydrogen-bond acceptors (Lipinski definition) is 0. The third kappa shape index (κ3) is 2.18. The molecule has 0 aliphatic heterocycles. The molecule has 66 valence electrons. The summed E-state index contributed by atoms with van der Waals surface area (Å²) in [4.78, 5) is 0. The van der Waals surface area contributed by atoms with Gasteiger partial charge in [0, 0.05) is 0 Å². The minimum atomic E-state index is 0.630. The van der Waals surface area contributed by atoms with Crippen LogP contribution in [0.3, 0.4) is 0 Å². The van der Waals surface area contributed by atoms with Crippen molar-refractivity contribution in [3.05, 3.63) is 0 Å². The lowest BCUT2D eigenvalue weighted by molar-refractivity contribution is 0.147. The minimum absolute atomic E-state index is 0.630. The Morgan fingerprint density at radius 2 is 2.09 bits per heavy atom. The first kappa shape index (κ1) is 9.52. The Kier molecular flexibility index (Phi) is 2.97. The number of hydrogen-bond donors (Lipinski definition) is 0. The molecule has 3 unspecified atom stereocenters. The molecule has 0 saturated heterocycles. The van der Waals surface area contributed by atoms with Gasteiger partial charge in [0.05, 0.1) is 0 Å². The van der Waals surface area contributed by atoms with E-state index in [-0.39, 0.29) is 0 Å². The van der Waals surface area contributed by atoms with Gasteiger partial charge in [-0.3, -0.25) is 0 Å². The van der Waals surface area contributed by atoms with Gasteiger partial charge in [-0.2, -0.15) is 0 Å². The molecule has 1 rings (SSSR count). The van der Waals surface area contributed by atoms with E-state index < -0.39 is 0 Å². The summed E-state index contributed by atoms with van der Waals surface area (Å²) >= 11 is 0. The van der Waals surface area contributed by atoms with E-state index in [1.54, 1.807) is 0 Å². The summed E-state index contributed by atoms with van der Waals surface area (Å²) in [6.07, 6.45) is 5.71. The molecule has 3 atom stereocenters. The van der Waals surface area contributed by atoms with Crippen LogP contribution in [0.25, 0.3) is 0 Å². The molecule has 0 aromatic carbocycles. The molecule has 0 bridgehead atoms. The van der Waals surface area contributed by atoms with Crippen LogP contribution in [0.15, 0.2) is 0 Å². The monoisotopic (exact) mass is 172 g/mol. The van der Waals surface area contributed by atoms with Crippen LogP contribution in [-0.4, -0.2) is 5.66 Å². The first-order chi connectivity index (χ1) is 5.04. The van der Waals surface area contributed by atoms with Crippen LogP contribution >= 0.6 is 9.24 Å². The van der Waals surface area contributed by atoms with Gasteiger partial charge >= 0.3 is 0 Å². The summed E-state index contributed by atoms with van der Waals surface area (Å²) in [6, 6.07) is 0. The van der Waals surface area contributed by atoms with Crippen molar-refractivity contribution >= 4 is 9.24 Å². The van der Waals surface area contributed by atoms with Crippen molar-refractivity contribution in [3.8, 4) is 0 Å². The maximum Gasteiger partial charge on any atom is -0.0259 e. The van der Waals surface area contributed by atoms with Gasteiger partial charge < -0.3 is 0 Å². The summed E-state index contributed by atoms with van der Waals surface area (Å²) in [5, 5.41) is 0. The van der Waals surface area contributed by atoms with Gasteiger partial charge in [0.15, 0.2) is 0 Å². The van der Waals surface area contributed by atoms with Gasteiger partial charge in [-0.1, -0.05) is 27.2 Å². The lowest BCUT2D eigenvalue weighted by Crippen LogP contribution is -2.30. The van der Waals surface area contributed by atoms with Crippen molar-refractivity contribution in [3.63, 3.8) is 0 Å². The fourth-order valence-corrected chi connectivity index (χ4v) is 2.87. The summed E-state index contributed by atoms with van der Waals surface area (Å²) < 4.78 is 0. The highest BCUT2D eigenvalue weighted by Crippen LogP contribution is 2.43. The molecular formula is C10H21P. The van der Waals surface area contributed by atoms with Gasteiger partial charge in [-0.25, -0.2) is 0 Å². The van der Waals surface area contributed by atoms with Gasteiger partial charge in [-0.15, -0.1) is 9.24 Å². The molecule has 0 nitrogen and oxygen atoms in total. The van der Waals surface area contributed by atoms with Crippen LogP contribution in [0.5, 0.6) is 0 Å². The van der Waals surface area contributed by atoms with Crippen molar-refractivity contribution in [2.75, 3.05) is 0 Å². The summed E-state index contributed by atoms with van der Waals surface area (Å²) in [7, 11) is 2.99. The minimum Gasteiger partial charge on any atom is -0.134 e. The fourth-order valence-electron chi connectivity index (χ4n) is 2.10. The van der Waals surface area contributed by atoms with Crippen LogP contribution in [0.4, 0.5) is 0 Å². The largest absolute Gasteiger partial charge is 0.134 e. The fraction of sp³-hybridized carbons (Fsp3) is 1.00. The predicted molar refractivity (Wildman–Crippen MR) is 54.9 cm³/mol. The summed E-state index contributed by atoms with van der Waals surface area (Å²) in [5.74, 6) is 0.853. The highest BCUT2D eigenvalue weighted by molar-refractivity contribution is 7.17. The van der Waals surface area contributed by atoms with Crippen LogP contribution in [0.2, 0.25) is 0 Å². The molecule has 0 amide bonds. The Labute approximate surface area is 73.3 Å². The Morgan fingerprint density at radius 3 is 2.45 bits per heavy atom. The average molecular weight is 172 g/mol. The van der Waals surface area contributed by atoms with E-state index in [4.69, 9.17) is 0 Å². The molecule has 11 heavy (non-hydrogen) atoms. The van der Waals surface area contributed by atoms with Crippen LogP contribution in [0.1, 0.15) is 46.5 Å². The Balaban J connectivity index is 2.55. The Hall–Kier alpha value is 0.430. The molecule has 0 N–H and O–H groups in total. The number of rotatable bonds is 1. The third-order valence-electron chi connectivity index (χ3n) is 3.45. The predicted octanol–water partition coefficient (Wildman–Crippen LogP) is 3.47. The van der Waals surface area contributed by atoms with Crippen LogP contribution in [-0.2, 0) is 0 Å². The lowest BCUT2D eigenvalue weighted by Gasteiger charge is -2.40. The maximum absolute atomic E-state index is 2.99. The van der Waals surface area contributed by atoms with E-state index in [0.717, 1.165) is 11.6 Å². The molecule has 1 aliphatic carbocycles. The summed E-state index contributed by atoms with van der Waals surface area (Å²) in [6.45, 7) is 7.18. The van der Waals surface area contributed by atoms with E-state index in [2.05, 4.69) is 30.0 Å². The topological polar surface area (TPSA) is 0 Å². The van der Waals surface area contributed by atoms with Crippen molar-refractivity contribution < 1.29 is 0 Å². The molecule has 0 radical (unpaired) electrons. The third-order valence-corrected chi connectivity index (χ3v) is 4.01. The van der Waals surface area contributed by atoms with Gasteiger partial charge in [-0.05, 0) is 36.3 Å². The standard InChI is InChI=1S/C10H21P/c1-8(2)10(3)6-4-5-9(11)7-10/h8-9H,4-7,11H2,1-3H3. The molecule has 1 heteroatoms. The van der Waals surface area contributed by atoms with Crippen molar-refractivity contribution in [2.45, 2.75) is 52.1 Å². The second-order valence-electron chi connectivity index (χ2n) is 4.67. The van der Waals surface area contributed by atoms with Gasteiger partial charge in [0.2, 0.25) is 0 Å². The molecule has 1 saturated carbocycles. The molecule has 0 aromatic heterocycles. The van der Waals surface area contributed by atoms with E-state index in [1.807, 2.05) is 0 Å². The van der Waals surface area contributed by atoms with E-state index in [1.165, 1.54) is 25.7 Å².